The van der Waals surface area contributed by atoms with Gasteiger partial charge in [0.05, 0.1) is 18.9 Å². The Morgan fingerprint density at radius 2 is 1.95 bits per heavy atom. The highest BCUT2D eigenvalue weighted by Crippen LogP contribution is 2.17. The van der Waals surface area contributed by atoms with Crippen molar-refractivity contribution in [3.63, 3.8) is 0 Å². The molecule has 0 aliphatic heterocycles. The van der Waals surface area contributed by atoms with Crippen molar-refractivity contribution in [1.29, 1.82) is 0 Å². The molecule has 20 heavy (non-hydrogen) atoms. The first-order valence-corrected chi connectivity index (χ1v) is 6.47. The van der Waals surface area contributed by atoms with Crippen LogP contribution in [0.2, 0.25) is 0 Å². The first-order chi connectivity index (χ1) is 9.60. The van der Waals surface area contributed by atoms with E-state index in [1.165, 1.54) is 36.8 Å². The van der Waals surface area contributed by atoms with E-state index in [-0.39, 0.29) is 5.56 Å². The third kappa shape index (κ3) is 3.30. The fourth-order valence-electron chi connectivity index (χ4n) is 1.46. The molecule has 1 aromatic heterocycles. The van der Waals surface area contributed by atoms with Crippen molar-refractivity contribution in [1.82, 2.24) is 4.98 Å². The smallest absolute Gasteiger partial charge is 0.349 e. The maximum Gasteiger partial charge on any atom is 0.349 e. The summed E-state index contributed by atoms with van der Waals surface area (Å²) in [4.78, 5) is 26.5. The molecule has 2 aromatic rings. The van der Waals surface area contributed by atoms with Crippen molar-refractivity contribution < 1.29 is 19.4 Å². The largest absolute Gasteiger partial charge is 0.478 e. The second kappa shape index (κ2) is 6.12. The van der Waals surface area contributed by atoms with Crippen LogP contribution < -0.4 is 0 Å². The lowest BCUT2D eigenvalue weighted by atomic mass is 10.1. The van der Waals surface area contributed by atoms with E-state index < -0.39 is 11.9 Å². The Balaban J connectivity index is 2.11. The molecule has 0 fully saturated rings. The molecule has 0 spiro atoms. The molecular formula is C14H11NO4S. The van der Waals surface area contributed by atoms with Crippen LogP contribution in [0.15, 0.2) is 30.5 Å². The molecule has 1 heterocycles. The van der Waals surface area contributed by atoms with Crippen LogP contribution in [0.1, 0.15) is 30.6 Å². The number of benzene rings is 1. The minimum Gasteiger partial charge on any atom is -0.478 e. The highest BCUT2D eigenvalue weighted by Gasteiger charge is 2.08. The van der Waals surface area contributed by atoms with E-state index in [0.29, 0.717) is 9.88 Å². The molecule has 1 N–H and O–H groups in total. The van der Waals surface area contributed by atoms with Gasteiger partial charge in [-0.05, 0) is 23.8 Å². The third-order valence-corrected chi connectivity index (χ3v) is 3.43. The molecule has 0 amide bonds. The van der Waals surface area contributed by atoms with Gasteiger partial charge in [-0.15, -0.1) is 11.3 Å². The number of hydrogen-bond acceptors (Lipinski definition) is 5. The number of nitrogens with zero attached hydrogens (tertiary/aromatic N) is 1. The number of carbonyl (C=O) groups excluding carboxylic acids is 1. The molecule has 0 aliphatic rings. The Morgan fingerprint density at radius 3 is 2.55 bits per heavy atom. The van der Waals surface area contributed by atoms with E-state index in [1.807, 2.05) is 0 Å². The van der Waals surface area contributed by atoms with Crippen molar-refractivity contribution in [3.8, 4) is 0 Å². The zero-order chi connectivity index (χ0) is 14.5. The van der Waals surface area contributed by atoms with Crippen LogP contribution in [-0.2, 0) is 4.74 Å². The first-order valence-electron chi connectivity index (χ1n) is 5.66. The lowest BCUT2D eigenvalue weighted by molar-refractivity contribution is 0.0605. The van der Waals surface area contributed by atoms with Gasteiger partial charge in [-0.25, -0.2) is 14.6 Å². The molecule has 102 valence electrons. The third-order valence-electron chi connectivity index (χ3n) is 2.49. The number of rotatable bonds is 4. The standard InChI is InChI=1S/C14H11NO4S/c1-19-14(18)11-8-15-12(20-11)7-4-9-2-5-10(6-3-9)13(16)17/h2-8H,1H3,(H,16,17)/b7-4-. The molecular weight excluding hydrogens is 278 g/mol. The summed E-state index contributed by atoms with van der Waals surface area (Å²) in [6.45, 7) is 0. The van der Waals surface area contributed by atoms with Crippen LogP contribution in [0.4, 0.5) is 0 Å². The highest BCUT2D eigenvalue weighted by atomic mass is 32.1. The normalized spacial score (nSPS) is 10.7. The van der Waals surface area contributed by atoms with Crippen molar-refractivity contribution in [2.24, 2.45) is 0 Å². The number of esters is 1. The maximum atomic E-state index is 11.3. The summed E-state index contributed by atoms with van der Waals surface area (Å²) in [5, 5.41) is 9.47. The zero-order valence-electron chi connectivity index (χ0n) is 10.6. The van der Waals surface area contributed by atoms with Crippen LogP contribution in [0.25, 0.3) is 12.2 Å². The van der Waals surface area contributed by atoms with E-state index in [1.54, 1.807) is 24.3 Å². The van der Waals surface area contributed by atoms with Gasteiger partial charge < -0.3 is 9.84 Å². The molecule has 1 aromatic carbocycles. The Morgan fingerprint density at radius 1 is 1.25 bits per heavy atom. The van der Waals surface area contributed by atoms with Crippen molar-refractivity contribution in [3.05, 3.63) is 51.5 Å². The quantitative estimate of drug-likeness (QED) is 0.876. The lowest BCUT2D eigenvalue weighted by Crippen LogP contribution is -1.96. The van der Waals surface area contributed by atoms with Crippen LogP contribution in [-0.4, -0.2) is 29.1 Å². The van der Waals surface area contributed by atoms with Gasteiger partial charge in [0.15, 0.2) is 0 Å². The SMILES string of the molecule is COC(=O)c1cnc(/C=C\c2ccc(C(=O)O)cc2)s1. The zero-order valence-corrected chi connectivity index (χ0v) is 11.4. The summed E-state index contributed by atoms with van der Waals surface area (Å²) in [7, 11) is 1.32. The Hall–Kier alpha value is -2.47. The van der Waals surface area contributed by atoms with E-state index >= 15 is 0 Å². The molecule has 0 aliphatic carbocycles. The number of carbonyl (C=O) groups is 2. The topological polar surface area (TPSA) is 76.5 Å². The number of carboxylic acid groups (broad SMARTS) is 1. The molecule has 0 radical (unpaired) electrons. The minimum atomic E-state index is -0.955. The highest BCUT2D eigenvalue weighted by molar-refractivity contribution is 7.14. The van der Waals surface area contributed by atoms with Gasteiger partial charge in [0.1, 0.15) is 9.88 Å². The van der Waals surface area contributed by atoms with Gasteiger partial charge in [0.25, 0.3) is 0 Å². The van der Waals surface area contributed by atoms with Crippen molar-refractivity contribution >= 4 is 35.4 Å². The fraction of sp³-hybridized carbons (Fsp3) is 0.0714. The van der Waals surface area contributed by atoms with Gasteiger partial charge in [0, 0.05) is 0 Å². The second-order valence-electron chi connectivity index (χ2n) is 3.81. The van der Waals surface area contributed by atoms with E-state index in [9.17, 15) is 9.59 Å². The summed E-state index contributed by atoms with van der Waals surface area (Å²) in [6, 6.07) is 6.47. The average molecular weight is 289 g/mol. The number of methoxy groups -OCH3 is 1. The number of ether oxygens (including phenoxy) is 1. The molecule has 6 heteroatoms. The predicted molar refractivity (Wildman–Crippen MR) is 75.8 cm³/mol. The summed E-state index contributed by atoms with van der Waals surface area (Å²) in [6.07, 6.45) is 5.02. The molecule has 2 rings (SSSR count). The van der Waals surface area contributed by atoms with Gasteiger partial charge >= 0.3 is 11.9 Å². The first kappa shape index (κ1) is 14.0. The molecule has 0 saturated carbocycles. The van der Waals surface area contributed by atoms with Gasteiger partial charge in [-0.3, -0.25) is 0 Å². The van der Waals surface area contributed by atoms with Crippen LogP contribution >= 0.6 is 11.3 Å². The monoisotopic (exact) mass is 289 g/mol. The fourth-order valence-corrected chi connectivity index (χ4v) is 2.20. The molecule has 0 saturated heterocycles. The number of thiazole rings is 1. The Kier molecular flexibility index (Phi) is 4.27. The van der Waals surface area contributed by atoms with Crippen LogP contribution in [0.5, 0.6) is 0 Å². The number of aromatic carboxylic acids is 1. The summed E-state index contributed by atoms with van der Waals surface area (Å²) < 4.78 is 4.60. The molecule has 0 bridgehead atoms. The average Bonchev–Trinajstić information content (AvgIpc) is 2.93. The Bertz CT molecular complexity index is 658. The van der Waals surface area contributed by atoms with Gasteiger partial charge in [-0.1, -0.05) is 18.2 Å². The van der Waals surface area contributed by atoms with Crippen molar-refractivity contribution in [2.45, 2.75) is 0 Å². The second-order valence-corrected chi connectivity index (χ2v) is 4.88. The number of aromatic nitrogens is 1. The number of carboxylic acids is 1. The van der Waals surface area contributed by atoms with Crippen LogP contribution in [0, 0.1) is 0 Å². The summed E-state index contributed by atoms with van der Waals surface area (Å²) in [5.74, 6) is -1.36. The molecule has 0 atom stereocenters. The minimum absolute atomic E-state index is 0.240. The van der Waals surface area contributed by atoms with Gasteiger partial charge in [0.2, 0.25) is 0 Å². The van der Waals surface area contributed by atoms with Crippen LogP contribution in [0.3, 0.4) is 0 Å². The summed E-state index contributed by atoms with van der Waals surface area (Å²) >= 11 is 1.23. The molecule has 0 unspecified atom stereocenters. The summed E-state index contributed by atoms with van der Waals surface area (Å²) in [5.41, 5.74) is 1.09. The lowest BCUT2D eigenvalue weighted by Gasteiger charge is -1.95. The maximum absolute atomic E-state index is 11.3. The predicted octanol–water partition coefficient (Wildman–Crippen LogP) is 2.80. The van der Waals surface area contributed by atoms with E-state index in [4.69, 9.17) is 5.11 Å². The molecule has 5 nitrogen and oxygen atoms in total. The van der Waals surface area contributed by atoms with Gasteiger partial charge in [-0.2, -0.15) is 0 Å². The van der Waals surface area contributed by atoms with Crippen molar-refractivity contribution in [2.75, 3.05) is 7.11 Å². The Labute approximate surface area is 119 Å². The van der Waals surface area contributed by atoms with E-state index in [2.05, 4.69) is 9.72 Å². The van der Waals surface area contributed by atoms with E-state index in [0.717, 1.165) is 5.56 Å². The number of hydrogen-bond donors (Lipinski definition) is 1.